The maximum absolute atomic E-state index is 12.8. The molecule has 1 fully saturated rings. The normalized spacial score (nSPS) is 22.1. The first-order valence-corrected chi connectivity index (χ1v) is 10.3. The van der Waals surface area contributed by atoms with E-state index in [1.807, 2.05) is 0 Å². The van der Waals surface area contributed by atoms with E-state index in [4.69, 9.17) is 0 Å². The van der Waals surface area contributed by atoms with E-state index in [1.165, 1.54) is 22.8 Å². The van der Waals surface area contributed by atoms with Gasteiger partial charge in [0.2, 0.25) is 10.0 Å². The first-order valence-electron chi connectivity index (χ1n) is 8.79. The van der Waals surface area contributed by atoms with Crippen molar-refractivity contribution in [2.24, 2.45) is 5.92 Å². The molecule has 8 nitrogen and oxygen atoms in total. The average Bonchev–Trinajstić information content (AvgIpc) is 3.35. The van der Waals surface area contributed by atoms with E-state index in [0.29, 0.717) is 18.5 Å². The minimum Gasteiger partial charge on any atom is -0.394 e. The summed E-state index contributed by atoms with van der Waals surface area (Å²) in [6.45, 7) is 7.32. The largest absolute Gasteiger partial charge is 0.394 e. The Morgan fingerprint density at radius 1 is 1.30 bits per heavy atom. The number of benzene rings is 1. The Labute approximate surface area is 156 Å². The number of aromatic nitrogens is 2. The van der Waals surface area contributed by atoms with Crippen LogP contribution in [0.1, 0.15) is 20.3 Å². The lowest BCUT2D eigenvalue weighted by Gasteiger charge is -2.17. The molecule has 9 heteroatoms. The molecule has 0 bridgehead atoms. The highest BCUT2D eigenvalue weighted by Crippen LogP contribution is 2.44. The maximum atomic E-state index is 12.8. The van der Waals surface area contributed by atoms with E-state index in [-0.39, 0.29) is 29.4 Å². The van der Waals surface area contributed by atoms with Crippen LogP contribution in [-0.4, -0.2) is 34.8 Å². The van der Waals surface area contributed by atoms with Gasteiger partial charge >= 0.3 is 5.69 Å². The topological polar surface area (TPSA) is 110 Å². The summed E-state index contributed by atoms with van der Waals surface area (Å²) in [6, 6.07) is 4.12. The van der Waals surface area contributed by atoms with Crippen molar-refractivity contribution in [2.45, 2.75) is 43.8 Å². The van der Waals surface area contributed by atoms with E-state index in [1.54, 1.807) is 19.9 Å². The minimum absolute atomic E-state index is 0.0846. The van der Waals surface area contributed by atoms with Gasteiger partial charge in [-0.25, -0.2) is 17.9 Å². The van der Waals surface area contributed by atoms with Gasteiger partial charge in [-0.15, -0.1) is 6.58 Å². The van der Waals surface area contributed by atoms with Crippen LogP contribution in [0.5, 0.6) is 0 Å². The number of fused-ring (bicyclic) bond motifs is 1. The van der Waals surface area contributed by atoms with Crippen molar-refractivity contribution in [3.8, 4) is 0 Å². The van der Waals surface area contributed by atoms with Crippen LogP contribution in [0, 0.1) is 5.92 Å². The smallest absolute Gasteiger partial charge is 0.331 e. The molecule has 2 N–H and O–H groups in total. The summed E-state index contributed by atoms with van der Waals surface area (Å²) < 4.78 is 30.7. The molecule has 1 aromatic heterocycles. The highest BCUT2D eigenvalue weighted by atomic mass is 32.2. The van der Waals surface area contributed by atoms with Crippen LogP contribution in [-0.2, 0) is 23.1 Å². The molecule has 1 aliphatic carbocycles. The van der Waals surface area contributed by atoms with Gasteiger partial charge in [-0.05, 0) is 44.4 Å². The SMILES string of the molecule is C=C[C@@H]1C[C@@]1(CO)NS(=O)(=O)c1ccc2c(c1)c(=O)n(CC)c(=O)n2CC. The molecule has 0 aliphatic heterocycles. The molecule has 2 atom stereocenters. The fourth-order valence-corrected chi connectivity index (χ4v) is 4.93. The van der Waals surface area contributed by atoms with Crippen LogP contribution < -0.4 is 16.0 Å². The van der Waals surface area contributed by atoms with Gasteiger partial charge in [0.25, 0.3) is 5.56 Å². The summed E-state index contributed by atoms with van der Waals surface area (Å²) in [5.41, 5.74) is -1.49. The predicted molar refractivity (Wildman–Crippen MR) is 102 cm³/mol. The fraction of sp³-hybridized carbons (Fsp3) is 0.444. The fourth-order valence-electron chi connectivity index (χ4n) is 3.45. The van der Waals surface area contributed by atoms with Crippen molar-refractivity contribution in [1.82, 2.24) is 13.9 Å². The molecular formula is C18H23N3O5S. The molecule has 0 unspecified atom stereocenters. The zero-order valence-electron chi connectivity index (χ0n) is 15.3. The van der Waals surface area contributed by atoms with Crippen LogP contribution in [0.4, 0.5) is 0 Å². The van der Waals surface area contributed by atoms with E-state index < -0.39 is 26.8 Å². The molecule has 1 heterocycles. The van der Waals surface area contributed by atoms with Gasteiger partial charge in [-0.1, -0.05) is 6.08 Å². The van der Waals surface area contributed by atoms with Crippen LogP contribution in [0.3, 0.4) is 0 Å². The van der Waals surface area contributed by atoms with Crippen molar-refractivity contribution in [3.05, 3.63) is 51.7 Å². The van der Waals surface area contributed by atoms with Crippen LogP contribution >= 0.6 is 0 Å². The van der Waals surface area contributed by atoms with Gasteiger partial charge in [0, 0.05) is 13.1 Å². The number of hydrogen-bond acceptors (Lipinski definition) is 5. The van der Waals surface area contributed by atoms with Gasteiger partial charge in [-0.2, -0.15) is 0 Å². The Bertz CT molecular complexity index is 1130. The summed E-state index contributed by atoms with van der Waals surface area (Å²) in [7, 11) is -3.96. The molecular weight excluding hydrogens is 370 g/mol. The first kappa shape index (κ1) is 19.5. The first-order chi connectivity index (χ1) is 12.7. The lowest BCUT2D eigenvalue weighted by Crippen LogP contribution is -2.41. The van der Waals surface area contributed by atoms with Crippen LogP contribution in [0.15, 0.2) is 45.3 Å². The standard InChI is InChI=1S/C18H23N3O5S/c1-4-12-10-18(12,11-22)19-27(25,26)13-7-8-15-14(9-13)16(23)21(6-3)17(24)20(15)5-2/h4,7-9,12,19,22H,1,5-6,10-11H2,2-3H3/t12-,18+/m1/s1. The lowest BCUT2D eigenvalue weighted by molar-refractivity contribution is 0.241. The van der Waals surface area contributed by atoms with E-state index in [9.17, 15) is 23.1 Å². The Morgan fingerprint density at radius 2 is 1.96 bits per heavy atom. The van der Waals surface area contributed by atoms with E-state index in [2.05, 4.69) is 11.3 Å². The summed E-state index contributed by atoms with van der Waals surface area (Å²) in [5, 5.41) is 9.75. The second-order valence-corrected chi connectivity index (χ2v) is 8.40. The summed E-state index contributed by atoms with van der Waals surface area (Å²) in [5.74, 6) is -0.139. The van der Waals surface area contributed by atoms with E-state index >= 15 is 0 Å². The summed E-state index contributed by atoms with van der Waals surface area (Å²) >= 11 is 0. The molecule has 27 heavy (non-hydrogen) atoms. The molecule has 2 aromatic rings. The molecule has 1 saturated carbocycles. The monoisotopic (exact) mass is 393 g/mol. The molecule has 1 aliphatic rings. The third-order valence-electron chi connectivity index (χ3n) is 5.18. The number of nitrogens with one attached hydrogen (secondary N) is 1. The Morgan fingerprint density at radius 3 is 2.48 bits per heavy atom. The number of nitrogens with zero attached hydrogens (tertiary/aromatic N) is 2. The van der Waals surface area contributed by atoms with Crippen molar-refractivity contribution in [1.29, 1.82) is 0 Å². The molecule has 3 rings (SSSR count). The van der Waals surface area contributed by atoms with Crippen LogP contribution in [0.2, 0.25) is 0 Å². The quantitative estimate of drug-likeness (QED) is 0.663. The Kier molecular flexibility index (Phi) is 4.87. The number of rotatable bonds is 7. The third kappa shape index (κ3) is 3.05. The molecule has 0 amide bonds. The number of aliphatic hydroxyl groups is 1. The molecule has 0 radical (unpaired) electrons. The maximum Gasteiger partial charge on any atom is 0.331 e. The molecule has 146 valence electrons. The van der Waals surface area contributed by atoms with Crippen molar-refractivity contribution < 1.29 is 13.5 Å². The Hall–Kier alpha value is -2.23. The van der Waals surface area contributed by atoms with Gasteiger partial charge in [-0.3, -0.25) is 13.9 Å². The van der Waals surface area contributed by atoms with Crippen molar-refractivity contribution in [3.63, 3.8) is 0 Å². The van der Waals surface area contributed by atoms with Crippen molar-refractivity contribution in [2.75, 3.05) is 6.61 Å². The van der Waals surface area contributed by atoms with E-state index in [0.717, 1.165) is 4.57 Å². The Balaban J connectivity index is 2.16. The van der Waals surface area contributed by atoms with Gasteiger partial charge in [0.15, 0.2) is 0 Å². The molecule has 0 spiro atoms. The zero-order chi connectivity index (χ0) is 20.0. The molecule has 1 aromatic carbocycles. The average molecular weight is 393 g/mol. The lowest BCUT2D eigenvalue weighted by atomic mass is 10.2. The number of sulfonamides is 1. The zero-order valence-corrected chi connectivity index (χ0v) is 16.1. The second kappa shape index (κ2) is 6.74. The highest BCUT2D eigenvalue weighted by molar-refractivity contribution is 7.89. The number of aliphatic hydroxyl groups excluding tert-OH is 1. The minimum atomic E-state index is -3.96. The summed E-state index contributed by atoms with van der Waals surface area (Å²) in [6.07, 6.45) is 2.08. The van der Waals surface area contributed by atoms with Crippen molar-refractivity contribution >= 4 is 20.9 Å². The number of hydrogen-bond donors (Lipinski definition) is 2. The third-order valence-corrected chi connectivity index (χ3v) is 6.73. The van der Waals surface area contributed by atoms with Gasteiger partial charge in [0.05, 0.1) is 27.9 Å². The molecule has 0 saturated heterocycles. The van der Waals surface area contributed by atoms with Crippen LogP contribution in [0.25, 0.3) is 10.9 Å². The number of aryl methyl sites for hydroxylation is 1. The highest BCUT2D eigenvalue weighted by Gasteiger charge is 2.54. The second-order valence-electron chi connectivity index (χ2n) is 6.72. The van der Waals surface area contributed by atoms with Gasteiger partial charge in [0.1, 0.15) is 0 Å². The van der Waals surface area contributed by atoms with Gasteiger partial charge < -0.3 is 5.11 Å². The summed E-state index contributed by atoms with van der Waals surface area (Å²) in [4.78, 5) is 25.0. The predicted octanol–water partition coefficient (Wildman–Crippen LogP) is 0.418.